The van der Waals surface area contributed by atoms with Crippen LogP contribution in [0.15, 0.2) is 34.1 Å². The van der Waals surface area contributed by atoms with Crippen molar-refractivity contribution in [2.24, 2.45) is 5.73 Å². The summed E-state index contributed by atoms with van der Waals surface area (Å²) in [4.78, 5) is 11.7. The number of hydrogen-bond acceptors (Lipinski definition) is 3. The molecule has 66 valence electrons. The second kappa shape index (κ2) is 3.06. The highest BCUT2D eigenvalue weighted by Crippen LogP contribution is 2.26. The van der Waals surface area contributed by atoms with Gasteiger partial charge in [-0.1, -0.05) is 6.07 Å². The van der Waals surface area contributed by atoms with E-state index in [2.05, 4.69) is 0 Å². The zero-order valence-corrected chi connectivity index (χ0v) is 7.51. The SMILES string of the molecule is NC(=O)c1ccc(-c2cccs2)o1. The minimum absolute atomic E-state index is 0.198. The first-order valence-electron chi connectivity index (χ1n) is 3.71. The van der Waals surface area contributed by atoms with Crippen molar-refractivity contribution >= 4 is 17.2 Å². The molecule has 0 aliphatic carbocycles. The van der Waals surface area contributed by atoms with Crippen LogP contribution in [0.5, 0.6) is 0 Å². The Morgan fingerprint density at radius 1 is 1.38 bits per heavy atom. The molecule has 2 heterocycles. The van der Waals surface area contributed by atoms with Gasteiger partial charge in [-0.3, -0.25) is 4.79 Å². The summed E-state index contributed by atoms with van der Waals surface area (Å²) >= 11 is 1.56. The molecule has 4 heteroatoms. The Labute approximate surface area is 78.8 Å². The predicted octanol–water partition coefficient (Wildman–Crippen LogP) is 2.11. The molecule has 2 N–H and O–H groups in total. The molecule has 0 saturated heterocycles. The standard InChI is InChI=1S/C9H7NO2S/c10-9(11)7-4-3-6(12-7)8-2-1-5-13-8/h1-5H,(H2,10,11). The monoisotopic (exact) mass is 193 g/mol. The summed E-state index contributed by atoms with van der Waals surface area (Å²) < 4.78 is 5.23. The molecule has 2 aromatic rings. The second-order valence-electron chi connectivity index (χ2n) is 2.51. The lowest BCUT2D eigenvalue weighted by Crippen LogP contribution is -2.08. The number of primary amides is 1. The van der Waals surface area contributed by atoms with Gasteiger partial charge in [-0.25, -0.2) is 0 Å². The van der Waals surface area contributed by atoms with Crippen LogP contribution < -0.4 is 5.73 Å². The van der Waals surface area contributed by atoms with Gasteiger partial charge >= 0.3 is 0 Å². The van der Waals surface area contributed by atoms with Gasteiger partial charge in [0.1, 0.15) is 5.76 Å². The Bertz CT molecular complexity index is 417. The van der Waals surface area contributed by atoms with Crippen molar-refractivity contribution in [3.63, 3.8) is 0 Å². The van der Waals surface area contributed by atoms with Crippen LogP contribution >= 0.6 is 11.3 Å². The molecule has 0 saturated carbocycles. The number of amides is 1. The first-order valence-corrected chi connectivity index (χ1v) is 4.59. The number of carbonyl (C=O) groups is 1. The Morgan fingerprint density at radius 3 is 2.77 bits per heavy atom. The third-order valence-corrected chi connectivity index (χ3v) is 2.50. The van der Waals surface area contributed by atoms with Crippen LogP contribution in [0.1, 0.15) is 10.6 Å². The van der Waals surface area contributed by atoms with Crippen molar-refractivity contribution in [1.82, 2.24) is 0 Å². The second-order valence-corrected chi connectivity index (χ2v) is 3.45. The minimum Gasteiger partial charge on any atom is -0.450 e. The van der Waals surface area contributed by atoms with E-state index >= 15 is 0 Å². The molecule has 0 aliphatic heterocycles. The van der Waals surface area contributed by atoms with Crippen molar-refractivity contribution in [2.75, 3.05) is 0 Å². The number of hydrogen-bond donors (Lipinski definition) is 1. The number of thiophene rings is 1. The van der Waals surface area contributed by atoms with Crippen LogP contribution in [-0.4, -0.2) is 5.91 Å². The van der Waals surface area contributed by atoms with Crippen LogP contribution in [0.3, 0.4) is 0 Å². The lowest BCUT2D eigenvalue weighted by atomic mass is 10.3. The van der Waals surface area contributed by atoms with Crippen molar-refractivity contribution in [3.05, 3.63) is 35.4 Å². The van der Waals surface area contributed by atoms with E-state index in [0.717, 1.165) is 4.88 Å². The van der Waals surface area contributed by atoms with Crippen molar-refractivity contribution in [2.45, 2.75) is 0 Å². The fraction of sp³-hybridized carbons (Fsp3) is 0. The quantitative estimate of drug-likeness (QED) is 0.794. The van der Waals surface area contributed by atoms with E-state index in [-0.39, 0.29) is 5.76 Å². The zero-order valence-electron chi connectivity index (χ0n) is 6.69. The fourth-order valence-electron chi connectivity index (χ4n) is 1.02. The molecule has 0 aliphatic rings. The van der Waals surface area contributed by atoms with E-state index in [1.165, 1.54) is 0 Å². The van der Waals surface area contributed by atoms with Gasteiger partial charge in [0, 0.05) is 0 Å². The molecule has 0 atom stereocenters. The molecule has 0 aromatic carbocycles. The molecule has 0 fully saturated rings. The lowest BCUT2D eigenvalue weighted by molar-refractivity contribution is 0.0975. The largest absolute Gasteiger partial charge is 0.450 e. The Kier molecular flexibility index (Phi) is 1.90. The van der Waals surface area contributed by atoms with Crippen molar-refractivity contribution in [3.8, 4) is 10.6 Å². The molecule has 0 bridgehead atoms. The maximum atomic E-state index is 10.7. The Balaban J connectivity index is 2.39. The topological polar surface area (TPSA) is 56.2 Å². The molecule has 3 nitrogen and oxygen atoms in total. The first-order chi connectivity index (χ1) is 6.27. The number of nitrogens with two attached hydrogens (primary N) is 1. The average Bonchev–Trinajstić information content (AvgIpc) is 2.75. The summed E-state index contributed by atoms with van der Waals surface area (Å²) in [7, 11) is 0. The van der Waals surface area contributed by atoms with Gasteiger partial charge in [0.25, 0.3) is 5.91 Å². The van der Waals surface area contributed by atoms with E-state index in [9.17, 15) is 4.79 Å². The lowest BCUT2D eigenvalue weighted by Gasteiger charge is -1.89. The molecule has 0 unspecified atom stereocenters. The summed E-state index contributed by atoms with van der Waals surface area (Å²) in [6.07, 6.45) is 0. The molecular formula is C9H7NO2S. The number of furan rings is 1. The summed E-state index contributed by atoms with van der Waals surface area (Å²) in [6.45, 7) is 0. The van der Waals surface area contributed by atoms with E-state index in [0.29, 0.717) is 5.76 Å². The zero-order chi connectivity index (χ0) is 9.26. The summed E-state index contributed by atoms with van der Waals surface area (Å²) in [5.74, 6) is 0.343. The third kappa shape index (κ3) is 1.48. The number of rotatable bonds is 2. The predicted molar refractivity (Wildman–Crippen MR) is 50.5 cm³/mol. The van der Waals surface area contributed by atoms with Crippen LogP contribution in [-0.2, 0) is 0 Å². The normalized spacial score (nSPS) is 10.2. The van der Waals surface area contributed by atoms with Crippen LogP contribution in [0, 0.1) is 0 Å². The molecular weight excluding hydrogens is 186 g/mol. The van der Waals surface area contributed by atoms with E-state index in [1.54, 1.807) is 23.5 Å². The molecule has 1 amide bonds. The van der Waals surface area contributed by atoms with Crippen molar-refractivity contribution < 1.29 is 9.21 Å². The smallest absolute Gasteiger partial charge is 0.284 e. The molecule has 0 spiro atoms. The van der Waals surface area contributed by atoms with Gasteiger partial charge in [-0.2, -0.15) is 0 Å². The Hall–Kier alpha value is -1.55. The Morgan fingerprint density at radius 2 is 2.23 bits per heavy atom. The molecule has 0 radical (unpaired) electrons. The van der Waals surface area contributed by atoms with Gasteiger partial charge in [0.2, 0.25) is 0 Å². The number of carbonyl (C=O) groups excluding carboxylic acids is 1. The van der Waals surface area contributed by atoms with Gasteiger partial charge in [-0.05, 0) is 23.6 Å². The summed E-state index contributed by atoms with van der Waals surface area (Å²) in [6, 6.07) is 7.17. The maximum absolute atomic E-state index is 10.7. The first kappa shape index (κ1) is 8.07. The van der Waals surface area contributed by atoms with Crippen LogP contribution in [0.25, 0.3) is 10.6 Å². The van der Waals surface area contributed by atoms with Gasteiger partial charge < -0.3 is 10.2 Å². The van der Waals surface area contributed by atoms with Crippen molar-refractivity contribution in [1.29, 1.82) is 0 Å². The third-order valence-electron chi connectivity index (χ3n) is 1.61. The van der Waals surface area contributed by atoms with Gasteiger partial charge in [0.15, 0.2) is 5.76 Å². The van der Waals surface area contributed by atoms with Crippen LogP contribution in [0.2, 0.25) is 0 Å². The summed E-state index contributed by atoms with van der Waals surface area (Å²) in [5, 5.41) is 1.95. The van der Waals surface area contributed by atoms with E-state index in [1.807, 2.05) is 17.5 Å². The maximum Gasteiger partial charge on any atom is 0.284 e. The highest BCUT2D eigenvalue weighted by molar-refractivity contribution is 7.13. The highest BCUT2D eigenvalue weighted by atomic mass is 32.1. The molecule has 2 aromatic heterocycles. The summed E-state index contributed by atoms with van der Waals surface area (Å²) in [5.41, 5.74) is 5.05. The minimum atomic E-state index is -0.539. The average molecular weight is 193 g/mol. The highest BCUT2D eigenvalue weighted by Gasteiger charge is 2.08. The van der Waals surface area contributed by atoms with Crippen LogP contribution in [0.4, 0.5) is 0 Å². The van der Waals surface area contributed by atoms with Gasteiger partial charge in [0.05, 0.1) is 4.88 Å². The molecule has 2 rings (SSSR count). The molecule has 13 heavy (non-hydrogen) atoms. The van der Waals surface area contributed by atoms with E-state index in [4.69, 9.17) is 10.2 Å². The van der Waals surface area contributed by atoms with E-state index < -0.39 is 5.91 Å². The fourth-order valence-corrected chi connectivity index (χ4v) is 1.71. The van der Waals surface area contributed by atoms with Gasteiger partial charge in [-0.15, -0.1) is 11.3 Å².